The number of nitrogens with two attached hydrogens (primary N) is 1. The molecule has 5 heteroatoms. The predicted octanol–water partition coefficient (Wildman–Crippen LogP) is 3.16. The molecule has 0 saturated heterocycles. The molecule has 2 N–H and O–H groups in total. The number of nitrogen functional groups attached to an aromatic ring is 1. The maximum atomic E-state index is 5.90. The van der Waals surface area contributed by atoms with Crippen molar-refractivity contribution < 1.29 is 4.74 Å². The highest BCUT2D eigenvalue weighted by Crippen LogP contribution is 2.33. The fourth-order valence-corrected chi connectivity index (χ4v) is 2.83. The lowest BCUT2D eigenvalue weighted by atomic mass is 9.88. The third-order valence-corrected chi connectivity index (χ3v) is 4.25. The van der Waals surface area contributed by atoms with Gasteiger partial charge < -0.3 is 10.5 Å². The lowest BCUT2D eigenvalue weighted by Gasteiger charge is -2.28. The summed E-state index contributed by atoms with van der Waals surface area (Å²) >= 11 is 0. The summed E-state index contributed by atoms with van der Waals surface area (Å²) in [6, 6.07) is 0. The number of ether oxygens (including phenoxy) is 1. The molecular formula is C15H26N4O. The van der Waals surface area contributed by atoms with Crippen molar-refractivity contribution in [3.05, 3.63) is 11.6 Å². The molecule has 1 fully saturated rings. The number of hydrogen-bond donors (Lipinski definition) is 1. The van der Waals surface area contributed by atoms with Crippen LogP contribution in [-0.4, -0.2) is 21.6 Å². The first-order chi connectivity index (χ1) is 9.59. The molecule has 1 saturated carbocycles. The Morgan fingerprint density at radius 2 is 1.85 bits per heavy atom. The van der Waals surface area contributed by atoms with E-state index in [1.807, 2.05) is 13.8 Å². The first-order valence-corrected chi connectivity index (χ1v) is 7.75. The molecule has 1 atom stereocenters. The van der Waals surface area contributed by atoms with Crippen LogP contribution in [0.1, 0.15) is 76.9 Å². The van der Waals surface area contributed by atoms with Crippen LogP contribution in [0, 0.1) is 0 Å². The second-order valence-corrected chi connectivity index (χ2v) is 5.73. The van der Waals surface area contributed by atoms with E-state index in [9.17, 15) is 0 Å². The van der Waals surface area contributed by atoms with Gasteiger partial charge >= 0.3 is 0 Å². The van der Waals surface area contributed by atoms with Crippen molar-refractivity contribution >= 4 is 5.95 Å². The average molecular weight is 278 g/mol. The SMILES string of the molecule is CCOC(C)(CC)c1nc(N)nc(C2CCCCC2)n1. The van der Waals surface area contributed by atoms with E-state index in [4.69, 9.17) is 15.5 Å². The quantitative estimate of drug-likeness (QED) is 0.895. The molecule has 0 radical (unpaired) electrons. The lowest BCUT2D eigenvalue weighted by Crippen LogP contribution is -2.29. The molecule has 1 heterocycles. The zero-order chi connectivity index (χ0) is 14.6. The third-order valence-electron chi connectivity index (χ3n) is 4.25. The van der Waals surface area contributed by atoms with Gasteiger partial charge in [-0.3, -0.25) is 0 Å². The molecule has 1 unspecified atom stereocenters. The van der Waals surface area contributed by atoms with Crippen LogP contribution in [0.25, 0.3) is 0 Å². The second-order valence-electron chi connectivity index (χ2n) is 5.73. The highest BCUT2D eigenvalue weighted by molar-refractivity contribution is 5.20. The van der Waals surface area contributed by atoms with Crippen molar-refractivity contribution in [2.75, 3.05) is 12.3 Å². The van der Waals surface area contributed by atoms with E-state index in [1.54, 1.807) is 0 Å². The molecule has 2 rings (SSSR count). The molecule has 0 bridgehead atoms. The Morgan fingerprint density at radius 1 is 1.15 bits per heavy atom. The number of hydrogen-bond acceptors (Lipinski definition) is 5. The molecule has 5 nitrogen and oxygen atoms in total. The highest BCUT2D eigenvalue weighted by Gasteiger charge is 2.30. The molecule has 0 aliphatic heterocycles. The van der Waals surface area contributed by atoms with Crippen molar-refractivity contribution in [2.24, 2.45) is 0 Å². The van der Waals surface area contributed by atoms with E-state index in [2.05, 4.69) is 16.9 Å². The summed E-state index contributed by atoms with van der Waals surface area (Å²) in [5, 5.41) is 0. The molecule has 0 amide bonds. The maximum Gasteiger partial charge on any atom is 0.223 e. The summed E-state index contributed by atoms with van der Waals surface area (Å²) in [6.07, 6.45) is 6.94. The minimum atomic E-state index is -0.477. The smallest absolute Gasteiger partial charge is 0.223 e. The average Bonchev–Trinajstić information content (AvgIpc) is 2.47. The van der Waals surface area contributed by atoms with Crippen molar-refractivity contribution in [2.45, 2.75) is 70.8 Å². The van der Waals surface area contributed by atoms with Crippen molar-refractivity contribution in [1.29, 1.82) is 0 Å². The summed E-state index contributed by atoms with van der Waals surface area (Å²) < 4.78 is 5.85. The van der Waals surface area contributed by atoms with Gasteiger partial charge in [0.2, 0.25) is 5.95 Å². The molecule has 0 spiro atoms. The fourth-order valence-electron chi connectivity index (χ4n) is 2.83. The first kappa shape index (κ1) is 15.2. The van der Waals surface area contributed by atoms with Crippen LogP contribution in [-0.2, 0) is 10.3 Å². The molecular weight excluding hydrogens is 252 g/mol. The summed E-state index contributed by atoms with van der Waals surface area (Å²) in [5.74, 6) is 2.27. The summed E-state index contributed by atoms with van der Waals surface area (Å²) in [6.45, 7) is 6.72. The fraction of sp³-hybridized carbons (Fsp3) is 0.800. The Hall–Kier alpha value is -1.23. The van der Waals surface area contributed by atoms with Crippen LogP contribution in [0.2, 0.25) is 0 Å². The Labute approximate surface area is 121 Å². The summed E-state index contributed by atoms with van der Waals surface area (Å²) in [5.41, 5.74) is 5.42. The number of nitrogens with zero attached hydrogens (tertiary/aromatic N) is 3. The van der Waals surface area contributed by atoms with E-state index < -0.39 is 5.60 Å². The van der Waals surface area contributed by atoms with Crippen LogP contribution < -0.4 is 5.73 Å². The number of aromatic nitrogens is 3. The van der Waals surface area contributed by atoms with Crippen molar-refractivity contribution in [1.82, 2.24) is 15.0 Å². The molecule has 1 aromatic heterocycles. The molecule has 20 heavy (non-hydrogen) atoms. The zero-order valence-electron chi connectivity index (χ0n) is 12.9. The molecule has 112 valence electrons. The largest absolute Gasteiger partial charge is 0.368 e. The van der Waals surface area contributed by atoms with Crippen molar-refractivity contribution in [3.8, 4) is 0 Å². The van der Waals surface area contributed by atoms with E-state index in [0.717, 1.165) is 25.1 Å². The van der Waals surface area contributed by atoms with Gasteiger partial charge in [-0.25, -0.2) is 4.98 Å². The van der Waals surface area contributed by atoms with E-state index in [-0.39, 0.29) is 0 Å². The lowest BCUT2D eigenvalue weighted by molar-refractivity contribution is -0.0393. The topological polar surface area (TPSA) is 73.9 Å². The van der Waals surface area contributed by atoms with E-state index >= 15 is 0 Å². The van der Waals surface area contributed by atoms with E-state index in [0.29, 0.717) is 24.3 Å². The van der Waals surface area contributed by atoms with Gasteiger partial charge in [-0.1, -0.05) is 26.2 Å². The Bertz CT molecular complexity index is 445. The molecule has 1 aliphatic rings. The molecule has 1 aromatic rings. The highest BCUT2D eigenvalue weighted by atomic mass is 16.5. The van der Waals surface area contributed by atoms with Gasteiger partial charge in [0.05, 0.1) is 0 Å². The van der Waals surface area contributed by atoms with E-state index in [1.165, 1.54) is 19.3 Å². The van der Waals surface area contributed by atoms with Crippen LogP contribution >= 0.6 is 0 Å². The Morgan fingerprint density at radius 3 is 2.45 bits per heavy atom. The van der Waals surface area contributed by atoms with Crippen LogP contribution in [0.5, 0.6) is 0 Å². The van der Waals surface area contributed by atoms with Gasteiger partial charge in [-0.15, -0.1) is 0 Å². The number of rotatable bonds is 5. The minimum Gasteiger partial charge on any atom is -0.368 e. The monoisotopic (exact) mass is 278 g/mol. The van der Waals surface area contributed by atoms with Crippen LogP contribution in [0.4, 0.5) is 5.95 Å². The summed E-state index contributed by atoms with van der Waals surface area (Å²) in [4.78, 5) is 13.4. The van der Waals surface area contributed by atoms with Gasteiger partial charge in [-0.2, -0.15) is 9.97 Å². The maximum absolute atomic E-state index is 5.90. The second kappa shape index (κ2) is 6.48. The normalized spacial score (nSPS) is 19.8. The molecule has 0 aromatic carbocycles. The predicted molar refractivity (Wildman–Crippen MR) is 79.3 cm³/mol. The van der Waals surface area contributed by atoms with Gasteiger partial charge in [0, 0.05) is 12.5 Å². The van der Waals surface area contributed by atoms with Gasteiger partial charge in [0.15, 0.2) is 5.82 Å². The van der Waals surface area contributed by atoms with Gasteiger partial charge in [0.25, 0.3) is 0 Å². The first-order valence-electron chi connectivity index (χ1n) is 7.75. The summed E-state index contributed by atoms with van der Waals surface area (Å²) in [7, 11) is 0. The third kappa shape index (κ3) is 3.26. The number of anilines is 1. The van der Waals surface area contributed by atoms with Crippen LogP contribution in [0.15, 0.2) is 0 Å². The van der Waals surface area contributed by atoms with Gasteiger partial charge in [0.1, 0.15) is 11.4 Å². The Balaban J connectivity index is 2.32. The van der Waals surface area contributed by atoms with Crippen molar-refractivity contribution in [3.63, 3.8) is 0 Å². The standard InChI is InChI=1S/C15H26N4O/c1-4-15(3,20-5-2)13-17-12(18-14(16)19-13)11-9-7-6-8-10-11/h11H,4-10H2,1-3H3,(H2,16,17,18,19). The molecule has 1 aliphatic carbocycles. The minimum absolute atomic E-state index is 0.315. The van der Waals surface area contributed by atoms with Crippen LogP contribution in [0.3, 0.4) is 0 Å². The van der Waals surface area contributed by atoms with Gasteiger partial charge in [-0.05, 0) is 33.1 Å². The Kier molecular flexibility index (Phi) is 4.91. The zero-order valence-corrected chi connectivity index (χ0v) is 12.9.